The summed E-state index contributed by atoms with van der Waals surface area (Å²) in [6.07, 6.45) is 0. The lowest BCUT2D eigenvalue weighted by atomic mass is 9.98. The predicted octanol–water partition coefficient (Wildman–Crippen LogP) is 5.10. The van der Waals surface area contributed by atoms with Crippen molar-refractivity contribution in [2.75, 3.05) is 5.75 Å². The SMILES string of the molecule is N#CSCC(I)=C(c1ccccc1)c1ccccc1. The minimum atomic E-state index is 0.718. The lowest BCUT2D eigenvalue weighted by Gasteiger charge is -2.11. The fourth-order valence-corrected chi connectivity index (χ4v) is 3.28. The Kier molecular flexibility index (Phi) is 5.49. The molecule has 0 saturated heterocycles. The summed E-state index contributed by atoms with van der Waals surface area (Å²) in [6.45, 7) is 0. The fraction of sp³-hybridized carbons (Fsp3) is 0.0625. The molecule has 0 aliphatic rings. The molecule has 94 valence electrons. The largest absolute Gasteiger partial charge is 0.185 e. The van der Waals surface area contributed by atoms with E-state index in [2.05, 4.69) is 52.3 Å². The molecule has 0 aliphatic heterocycles. The van der Waals surface area contributed by atoms with Gasteiger partial charge in [-0.05, 0) is 51.1 Å². The molecule has 0 amide bonds. The molecule has 2 aromatic carbocycles. The Morgan fingerprint density at radius 3 is 1.84 bits per heavy atom. The van der Waals surface area contributed by atoms with E-state index in [-0.39, 0.29) is 0 Å². The quantitative estimate of drug-likeness (QED) is 0.547. The van der Waals surface area contributed by atoms with Crippen LogP contribution in [0.5, 0.6) is 0 Å². The van der Waals surface area contributed by atoms with Crippen molar-refractivity contribution in [3.63, 3.8) is 0 Å². The number of thiocyanates is 1. The average molecular weight is 377 g/mol. The predicted molar refractivity (Wildman–Crippen MR) is 91.0 cm³/mol. The second-order valence-electron chi connectivity index (χ2n) is 3.89. The number of thioether (sulfide) groups is 1. The first-order chi connectivity index (χ1) is 9.33. The van der Waals surface area contributed by atoms with E-state index in [0.717, 1.165) is 5.75 Å². The topological polar surface area (TPSA) is 23.8 Å². The molecule has 0 unspecified atom stereocenters. The van der Waals surface area contributed by atoms with Gasteiger partial charge in [0.15, 0.2) is 0 Å². The maximum Gasteiger partial charge on any atom is 0.133 e. The van der Waals surface area contributed by atoms with Crippen LogP contribution in [0.1, 0.15) is 11.1 Å². The normalized spacial score (nSPS) is 9.68. The van der Waals surface area contributed by atoms with Crippen LogP contribution < -0.4 is 0 Å². The Labute approximate surface area is 131 Å². The van der Waals surface area contributed by atoms with Crippen LogP contribution in [-0.2, 0) is 0 Å². The van der Waals surface area contributed by atoms with Crippen molar-refractivity contribution in [1.82, 2.24) is 0 Å². The van der Waals surface area contributed by atoms with Gasteiger partial charge in [-0.15, -0.1) is 0 Å². The van der Waals surface area contributed by atoms with E-state index < -0.39 is 0 Å². The van der Waals surface area contributed by atoms with Gasteiger partial charge in [-0.1, -0.05) is 60.7 Å². The van der Waals surface area contributed by atoms with Crippen LogP contribution in [0.2, 0.25) is 0 Å². The molecule has 0 radical (unpaired) electrons. The summed E-state index contributed by atoms with van der Waals surface area (Å²) in [5, 5.41) is 10.9. The van der Waals surface area contributed by atoms with Gasteiger partial charge in [0.2, 0.25) is 0 Å². The molecule has 3 heteroatoms. The number of nitrogens with zero attached hydrogens (tertiary/aromatic N) is 1. The maximum absolute atomic E-state index is 8.73. The van der Waals surface area contributed by atoms with Crippen molar-refractivity contribution in [2.45, 2.75) is 0 Å². The Morgan fingerprint density at radius 1 is 0.947 bits per heavy atom. The van der Waals surface area contributed by atoms with Gasteiger partial charge in [-0.2, -0.15) is 5.26 Å². The number of nitriles is 1. The molecule has 0 atom stereocenters. The molecule has 2 rings (SSSR count). The maximum atomic E-state index is 8.73. The molecule has 0 bridgehead atoms. The van der Waals surface area contributed by atoms with Crippen LogP contribution in [0.25, 0.3) is 5.57 Å². The minimum Gasteiger partial charge on any atom is -0.185 e. The smallest absolute Gasteiger partial charge is 0.133 e. The molecule has 0 spiro atoms. The van der Waals surface area contributed by atoms with Crippen LogP contribution in [-0.4, -0.2) is 5.75 Å². The van der Waals surface area contributed by atoms with Crippen molar-refractivity contribution in [3.8, 4) is 5.40 Å². The summed E-state index contributed by atoms with van der Waals surface area (Å²) in [5.41, 5.74) is 3.60. The highest BCUT2D eigenvalue weighted by molar-refractivity contribution is 14.1. The van der Waals surface area contributed by atoms with E-state index >= 15 is 0 Å². The minimum absolute atomic E-state index is 0.718. The molecular formula is C16H12INS. The van der Waals surface area contributed by atoms with Crippen LogP contribution >= 0.6 is 34.4 Å². The zero-order chi connectivity index (χ0) is 13.5. The summed E-state index contributed by atoms with van der Waals surface area (Å²) in [5.74, 6) is 0.718. The average Bonchev–Trinajstić information content (AvgIpc) is 2.47. The Bertz CT molecular complexity index is 558. The number of rotatable bonds is 4. The third-order valence-corrected chi connectivity index (χ3v) is 4.66. The number of benzene rings is 2. The molecule has 0 fully saturated rings. The lowest BCUT2D eigenvalue weighted by Crippen LogP contribution is -1.92. The highest BCUT2D eigenvalue weighted by Crippen LogP contribution is 2.31. The van der Waals surface area contributed by atoms with Crippen molar-refractivity contribution in [1.29, 1.82) is 5.26 Å². The molecule has 19 heavy (non-hydrogen) atoms. The second kappa shape index (κ2) is 7.37. The number of hydrogen-bond donors (Lipinski definition) is 0. The Hall–Kier alpha value is -1.25. The molecule has 1 nitrogen and oxygen atoms in total. The number of hydrogen-bond acceptors (Lipinski definition) is 2. The first kappa shape index (κ1) is 14.2. The Morgan fingerprint density at radius 2 is 1.42 bits per heavy atom. The molecule has 0 saturated carbocycles. The van der Waals surface area contributed by atoms with Crippen LogP contribution in [0.4, 0.5) is 0 Å². The highest BCUT2D eigenvalue weighted by atomic mass is 127. The summed E-state index contributed by atoms with van der Waals surface area (Å²) >= 11 is 3.62. The lowest BCUT2D eigenvalue weighted by molar-refractivity contribution is 1.52. The van der Waals surface area contributed by atoms with E-state index in [1.54, 1.807) is 0 Å². The third-order valence-electron chi connectivity index (χ3n) is 2.66. The van der Waals surface area contributed by atoms with E-state index in [9.17, 15) is 0 Å². The van der Waals surface area contributed by atoms with Gasteiger partial charge < -0.3 is 0 Å². The first-order valence-electron chi connectivity index (χ1n) is 5.83. The Balaban J connectivity index is 2.49. The molecule has 0 aliphatic carbocycles. The van der Waals surface area contributed by atoms with E-state index in [4.69, 9.17) is 5.26 Å². The standard InChI is InChI=1S/C16H12INS/c17-15(11-19-12-18)16(13-7-3-1-4-8-13)14-9-5-2-6-10-14/h1-10H,11H2. The van der Waals surface area contributed by atoms with Gasteiger partial charge in [0.25, 0.3) is 0 Å². The fourth-order valence-electron chi connectivity index (χ4n) is 1.86. The second-order valence-corrected chi connectivity index (χ2v) is 5.95. The van der Waals surface area contributed by atoms with Crippen LogP contribution in [0, 0.1) is 10.7 Å². The zero-order valence-electron chi connectivity index (χ0n) is 10.2. The van der Waals surface area contributed by atoms with Gasteiger partial charge >= 0.3 is 0 Å². The summed E-state index contributed by atoms with van der Waals surface area (Å²) < 4.78 is 1.20. The van der Waals surface area contributed by atoms with Crippen LogP contribution in [0.15, 0.2) is 64.2 Å². The first-order valence-corrected chi connectivity index (χ1v) is 7.89. The molecule has 0 heterocycles. The van der Waals surface area contributed by atoms with Gasteiger partial charge in [-0.25, -0.2) is 0 Å². The van der Waals surface area contributed by atoms with Crippen molar-refractivity contribution in [2.24, 2.45) is 0 Å². The van der Waals surface area contributed by atoms with Gasteiger partial charge in [0, 0.05) is 9.33 Å². The van der Waals surface area contributed by atoms with Crippen LogP contribution in [0.3, 0.4) is 0 Å². The summed E-state index contributed by atoms with van der Waals surface area (Å²) in [7, 11) is 0. The molecular weight excluding hydrogens is 365 g/mol. The zero-order valence-corrected chi connectivity index (χ0v) is 13.2. The van der Waals surface area contributed by atoms with E-state index in [0.29, 0.717) is 0 Å². The monoisotopic (exact) mass is 377 g/mol. The number of halogens is 1. The summed E-state index contributed by atoms with van der Waals surface area (Å²) in [6, 6.07) is 20.6. The van der Waals surface area contributed by atoms with E-state index in [1.807, 2.05) is 36.4 Å². The summed E-state index contributed by atoms with van der Waals surface area (Å²) in [4.78, 5) is 0. The van der Waals surface area contributed by atoms with Crippen molar-refractivity contribution >= 4 is 39.9 Å². The highest BCUT2D eigenvalue weighted by Gasteiger charge is 2.09. The third kappa shape index (κ3) is 3.85. The molecule has 0 N–H and O–H groups in total. The molecule has 2 aromatic rings. The van der Waals surface area contributed by atoms with E-state index in [1.165, 1.54) is 32.0 Å². The van der Waals surface area contributed by atoms with Gasteiger partial charge in [0.05, 0.1) is 0 Å². The molecule has 0 aromatic heterocycles. The van der Waals surface area contributed by atoms with Gasteiger partial charge in [0.1, 0.15) is 5.40 Å². The van der Waals surface area contributed by atoms with Gasteiger partial charge in [-0.3, -0.25) is 0 Å². The van der Waals surface area contributed by atoms with Crippen molar-refractivity contribution in [3.05, 3.63) is 75.4 Å². The van der Waals surface area contributed by atoms with Crippen molar-refractivity contribution < 1.29 is 0 Å².